The molecule has 5 nitrogen and oxygen atoms in total. The van der Waals surface area contributed by atoms with E-state index in [1.54, 1.807) is 10.8 Å². The number of hydrogen-bond donors (Lipinski definition) is 2. The van der Waals surface area contributed by atoms with Crippen molar-refractivity contribution in [1.29, 1.82) is 0 Å². The summed E-state index contributed by atoms with van der Waals surface area (Å²) in [6.07, 6.45) is 6.22. The molecule has 148 valence electrons. The molecule has 1 aliphatic rings. The Morgan fingerprint density at radius 2 is 2.00 bits per heavy atom. The highest BCUT2D eigenvalue weighted by Gasteiger charge is 2.25. The minimum Gasteiger partial charge on any atom is -0.396 e. The van der Waals surface area contributed by atoms with Crippen molar-refractivity contribution in [3.8, 4) is 0 Å². The van der Waals surface area contributed by atoms with Gasteiger partial charge in [-0.1, -0.05) is 12.8 Å². The molecule has 0 amide bonds. The van der Waals surface area contributed by atoms with Gasteiger partial charge in [0.2, 0.25) is 0 Å². The average Bonchev–Trinajstić information content (AvgIpc) is 3.16. The van der Waals surface area contributed by atoms with E-state index >= 15 is 4.39 Å². The predicted octanol–water partition coefficient (Wildman–Crippen LogP) is 4.20. The topological polar surface area (TPSA) is 69.3 Å². The molecule has 27 heavy (non-hydrogen) atoms. The van der Waals surface area contributed by atoms with Gasteiger partial charge in [-0.15, -0.1) is 0 Å². The van der Waals surface area contributed by atoms with Gasteiger partial charge in [0.25, 0.3) is 0 Å². The van der Waals surface area contributed by atoms with Crippen molar-refractivity contribution in [2.45, 2.75) is 58.1 Å². The number of nitrogens with zero attached hydrogens (tertiary/aromatic N) is 1. The van der Waals surface area contributed by atoms with E-state index in [0.717, 1.165) is 25.7 Å². The lowest BCUT2D eigenvalue weighted by Crippen LogP contribution is -2.18. The van der Waals surface area contributed by atoms with Crippen LogP contribution in [-0.4, -0.2) is 23.8 Å². The molecule has 0 radical (unpaired) electrons. The van der Waals surface area contributed by atoms with Crippen molar-refractivity contribution in [3.63, 3.8) is 0 Å². The molecule has 0 bridgehead atoms. The van der Waals surface area contributed by atoms with Gasteiger partial charge in [-0.25, -0.2) is 8.78 Å². The molecule has 1 heterocycles. The van der Waals surface area contributed by atoms with E-state index in [4.69, 9.17) is 10.5 Å². The van der Waals surface area contributed by atoms with Crippen LogP contribution in [0.2, 0.25) is 0 Å². The van der Waals surface area contributed by atoms with E-state index in [0.29, 0.717) is 19.6 Å². The van der Waals surface area contributed by atoms with Crippen LogP contribution in [0.1, 0.15) is 52.0 Å². The Labute approximate surface area is 157 Å². The second-order valence-corrected chi connectivity index (χ2v) is 7.37. The number of pyridine rings is 1. The zero-order valence-electron chi connectivity index (χ0n) is 15.9. The highest BCUT2D eigenvalue weighted by molar-refractivity contribution is 5.94. The largest absolute Gasteiger partial charge is 0.396 e. The summed E-state index contributed by atoms with van der Waals surface area (Å²) in [6.45, 7) is 4.69. The number of nitrogen functional groups attached to an aromatic ring is 1. The molecule has 1 fully saturated rings. The standard InChI is InChI=1S/C20H27F2N3O2/c1-12(2)27-11-5-9-24-19-16(21)18(23)15-14(26)8-10-25(20(15)17(19)22)13-6-3-4-7-13/h8,10,12-13,24H,3-7,9,11,23H2,1-2H3. The summed E-state index contributed by atoms with van der Waals surface area (Å²) in [5, 5.41) is 2.72. The van der Waals surface area contributed by atoms with Crippen molar-refractivity contribution >= 4 is 22.3 Å². The van der Waals surface area contributed by atoms with Crippen molar-refractivity contribution in [1.82, 2.24) is 4.57 Å². The third-order valence-electron chi connectivity index (χ3n) is 5.07. The summed E-state index contributed by atoms with van der Waals surface area (Å²) in [6, 6.07) is 1.44. The normalized spacial score (nSPS) is 15.1. The van der Waals surface area contributed by atoms with E-state index in [1.165, 1.54) is 6.07 Å². The molecule has 1 aliphatic carbocycles. The maximum atomic E-state index is 15.3. The fraction of sp³-hybridized carbons (Fsp3) is 0.550. The van der Waals surface area contributed by atoms with Gasteiger partial charge in [0.1, 0.15) is 5.69 Å². The Hall–Kier alpha value is -2.15. The fourth-order valence-corrected chi connectivity index (χ4v) is 3.74. The number of halogens is 2. The molecule has 1 aromatic carbocycles. The average molecular weight is 379 g/mol. The Kier molecular flexibility index (Phi) is 5.99. The summed E-state index contributed by atoms with van der Waals surface area (Å²) in [5.41, 5.74) is 4.96. The van der Waals surface area contributed by atoms with Gasteiger partial charge < -0.3 is 20.4 Å². The van der Waals surface area contributed by atoms with Crippen LogP contribution in [0.25, 0.3) is 10.9 Å². The van der Waals surface area contributed by atoms with Crippen molar-refractivity contribution < 1.29 is 13.5 Å². The number of hydrogen-bond acceptors (Lipinski definition) is 4. The van der Waals surface area contributed by atoms with Gasteiger partial charge in [-0.3, -0.25) is 4.79 Å². The lowest BCUT2D eigenvalue weighted by atomic mass is 10.1. The van der Waals surface area contributed by atoms with Gasteiger partial charge in [0.15, 0.2) is 17.1 Å². The first-order valence-electron chi connectivity index (χ1n) is 9.58. The first-order chi connectivity index (χ1) is 12.9. The van der Waals surface area contributed by atoms with E-state index < -0.39 is 17.1 Å². The molecule has 7 heteroatoms. The molecule has 2 aromatic rings. The van der Waals surface area contributed by atoms with Crippen LogP contribution < -0.4 is 16.5 Å². The zero-order valence-corrected chi connectivity index (χ0v) is 15.9. The van der Waals surface area contributed by atoms with Crippen LogP contribution in [0.4, 0.5) is 20.2 Å². The van der Waals surface area contributed by atoms with E-state index in [1.807, 2.05) is 13.8 Å². The Balaban J connectivity index is 1.99. The number of rotatable bonds is 7. The van der Waals surface area contributed by atoms with Gasteiger partial charge in [-0.05, 0) is 33.1 Å². The third-order valence-corrected chi connectivity index (χ3v) is 5.07. The molecule has 3 rings (SSSR count). The van der Waals surface area contributed by atoms with Crippen LogP contribution in [0, 0.1) is 11.6 Å². The number of aromatic nitrogens is 1. The molecule has 3 N–H and O–H groups in total. The molecule has 0 spiro atoms. The highest BCUT2D eigenvalue weighted by Crippen LogP contribution is 2.37. The van der Waals surface area contributed by atoms with Crippen LogP contribution >= 0.6 is 0 Å². The number of nitrogens with one attached hydrogen (secondary N) is 1. The molecular formula is C20H27F2N3O2. The maximum Gasteiger partial charge on any atom is 0.191 e. The summed E-state index contributed by atoms with van der Waals surface area (Å²) in [7, 11) is 0. The SMILES string of the molecule is CC(C)OCCCNc1c(F)c(N)c2c(=O)ccn(C3CCCC3)c2c1F. The zero-order chi connectivity index (χ0) is 19.6. The van der Waals surface area contributed by atoms with Crippen LogP contribution in [0.3, 0.4) is 0 Å². The minimum absolute atomic E-state index is 0.0758. The second kappa shape index (κ2) is 8.25. The number of ether oxygens (including phenoxy) is 1. The molecule has 1 aromatic heterocycles. The monoisotopic (exact) mass is 379 g/mol. The molecule has 0 aliphatic heterocycles. The summed E-state index contributed by atoms with van der Waals surface area (Å²) in [5.74, 6) is -1.67. The third kappa shape index (κ3) is 3.93. The Morgan fingerprint density at radius 1 is 1.30 bits per heavy atom. The number of benzene rings is 1. The summed E-state index contributed by atoms with van der Waals surface area (Å²) < 4.78 is 37.2. The second-order valence-electron chi connectivity index (χ2n) is 7.37. The van der Waals surface area contributed by atoms with E-state index in [2.05, 4.69) is 5.32 Å². The summed E-state index contributed by atoms with van der Waals surface area (Å²) >= 11 is 0. The molecule has 0 saturated heterocycles. The highest BCUT2D eigenvalue weighted by atomic mass is 19.1. The van der Waals surface area contributed by atoms with Gasteiger partial charge in [-0.2, -0.15) is 0 Å². The first kappa shape index (κ1) is 19.6. The van der Waals surface area contributed by atoms with Crippen LogP contribution in [-0.2, 0) is 4.74 Å². The van der Waals surface area contributed by atoms with Gasteiger partial charge in [0, 0.05) is 31.5 Å². The molecule has 0 unspecified atom stereocenters. The first-order valence-corrected chi connectivity index (χ1v) is 9.58. The van der Waals surface area contributed by atoms with E-state index in [-0.39, 0.29) is 34.4 Å². The Bertz CT molecular complexity index is 874. The summed E-state index contributed by atoms with van der Waals surface area (Å²) in [4.78, 5) is 12.3. The lowest BCUT2D eigenvalue weighted by molar-refractivity contribution is 0.0787. The minimum atomic E-state index is -0.911. The van der Waals surface area contributed by atoms with Crippen molar-refractivity contribution in [3.05, 3.63) is 34.1 Å². The van der Waals surface area contributed by atoms with Crippen LogP contribution in [0.15, 0.2) is 17.1 Å². The maximum absolute atomic E-state index is 15.3. The predicted molar refractivity (Wildman–Crippen MR) is 104 cm³/mol. The smallest absolute Gasteiger partial charge is 0.191 e. The molecule has 1 saturated carbocycles. The number of anilines is 2. The number of nitrogens with two attached hydrogens (primary N) is 1. The van der Waals surface area contributed by atoms with Gasteiger partial charge >= 0.3 is 0 Å². The molecular weight excluding hydrogens is 352 g/mol. The fourth-order valence-electron chi connectivity index (χ4n) is 3.74. The van der Waals surface area contributed by atoms with E-state index in [9.17, 15) is 9.18 Å². The quantitative estimate of drug-likeness (QED) is 0.559. The van der Waals surface area contributed by atoms with Gasteiger partial charge in [0.05, 0.1) is 22.7 Å². The van der Waals surface area contributed by atoms with Crippen molar-refractivity contribution in [2.75, 3.05) is 24.2 Å². The lowest BCUT2D eigenvalue weighted by Gasteiger charge is -2.21. The Morgan fingerprint density at radius 3 is 2.67 bits per heavy atom. The van der Waals surface area contributed by atoms with Crippen LogP contribution in [0.5, 0.6) is 0 Å². The molecule has 0 atom stereocenters. The number of fused-ring (bicyclic) bond motifs is 1. The van der Waals surface area contributed by atoms with Crippen molar-refractivity contribution in [2.24, 2.45) is 0 Å².